The fourth-order valence-electron chi connectivity index (χ4n) is 1.49. The molecule has 0 heterocycles. The largest absolute Gasteiger partial charge is 0.274 e. The molecule has 0 aliphatic rings. The molecule has 2 aromatic rings. The minimum atomic E-state index is -4.09. The first-order valence-corrected chi connectivity index (χ1v) is 8.30. The van der Waals surface area contributed by atoms with Crippen molar-refractivity contribution in [1.29, 1.82) is 0 Å². The lowest BCUT2D eigenvalue weighted by molar-refractivity contribution is 0.581. The average Bonchev–Trinajstić information content (AvgIpc) is 2.34. The van der Waals surface area contributed by atoms with E-state index in [1.165, 1.54) is 18.2 Å². The van der Waals surface area contributed by atoms with Crippen LogP contribution in [-0.4, -0.2) is 8.42 Å². The number of hydrogen-bond acceptors (Lipinski definition) is 2. The Kier molecular flexibility index (Phi) is 4.46. The standard InChI is InChI=1S/C12H7Br2F2NO2S/c13-7-5-9(15)12(10(16)6-7)17-20(18,19)11-4-2-1-3-8(11)14/h1-6,17H. The van der Waals surface area contributed by atoms with Gasteiger partial charge >= 0.3 is 0 Å². The van der Waals surface area contributed by atoms with Gasteiger partial charge in [-0.2, -0.15) is 0 Å². The summed E-state index contributed by atoms with van der Waals surface area (Å²) in [6, 6.07) is 7.92. The van der Waals surface area contributed by atoms with Gasteiger partial charge in [-0.3, -0.25) is 4.72 Å². The quantitative estimate of drug-likeness (QED) is 0.795. The monoisotopic (exact) mass is 425 g/mol. The number of rotatable bonds is 3. The summed E-state index contributed by atoms with van der Waals surface area (Å²) in [5.74, 6) is -2.01. The molecule has 0 fully saturated rings. The molecule has 0 spiro atoms. The molecule has 3 nitrogen and oxygen atoms in total. The minimum Gasteiger partial charge on any atom is -0.274 e. The van der Waals surface area contributed by atoms with Gasteiger partial charge in [0.25, 0.3) is 10.0 Å². The molecule has 8 heteroatoms. The van der Waals surface area contributed by atoms with Gasteiger partial charge in [0, 0.05) is 8.95 Å². The maximum atomic E-state index is 13.6. The third kappa shape index (κ3) is 3.18. The number of nitrogens with one attached hydrogen (secondary N) is 1. The Balaban J connectivity index is 2.47. The van der Waals surface area contributed by atoms with Crippen molar-refractivity contribution < 1.29 is 17.2 Å². The van der Waals surface area contributed by atoms with E-state index < -0.39 is 27.3 Å². The minimum absolute atomic E-state index is 0.110. The van der Waals surface area contributed by atoms with Crippen molar-refractivity contribution in [2.24, 2.45) is 0 Å². The van der Waals surface area contributed by atoms with Crippen LogP contribution in [0.2, 0.25) is 0 Å². The molecule has 0 unspecified atom stereocenters. The van der Waals surface area contributed by atoms with Crippen molar-refractivity contribution in [3.05, 3.63) is 57.0 Å². The van der Waals surface area contributed by atoms with Crippen molar-refractivity contribution in [3.63, 3.8) is 0 Å². The number of sulfonamides is 1. The van der Waals surface area contributed by atoms with E-state index in [1.54, 1.807) is 6.07 Å². The Labute approximate surface area is 131 Å². The highest BCUT2D eigenvalue weighted by atomic mass is 79.9. The Morgan fingerprint density at radius 3 is 2.10 bits per heavy atom. The van der Waals surface area contributed by atoms with Gasteiger partial charge in [-0.05, 0) is 40.2 Å². The molecule has 0 amide bonds. The van der Waals surface area contributed by atoms with Crippen LogP contribution in [0.5, 0.6) is 0 Å². The van der Waals surface area contributed by atoms with E-state index >= 15 is 0 Å². The van der Waals surface area contributed by atoms with Crippen LogP contribution in [0.3, 0.4) is 0 Å². The highest BCUT2D eigenvalue weighted by Crippen LogP contribution is 2.28. The van der Waals surface area contributed by atoms with Crippen LogP contribution < -0.4 is 4.72 Å². The van der Waals surface area contributed by atoms with E-state index in [0.717, 1.165) is 12.1 Å². The fraction of sp³-hybridized carbons (Fsp3) is 0. The smallest absolute Gasteiger partial charge is 0.263 e. The Morgan fingerprint density at radius 2 is 1.55 bits per heavy atom. The van der Waals surface area contributed by atoms with Crippen molar-refractivity contribution in [3.8, 4) is 0 Å². The zero-order valence-electron chi connectivity index (χ0n) is 9.70. The second-order valence-electron chi connectivity index (χ2n) is 3.78. The van der Waals surface area contributed by atoms with Gasteiger partial charge in [-0.25, -0.2) is 17.2 Å². The van der Waals surface area contributed by atoms with Crippen LogP contribution in [-0.2, 0) is 10.0 Å². The molecular weight excluding hydrogens is 420 g/mol. The predicted octanol–water partition coefficient (Wildman–Crippen LogP) is 4.29. The summed E-state index contributed by atoms with van der Waals surface area (Å²) >= 11 is 6.00. The van der Waals surface area contributed by atoms with E-state index in [1.807, 2.05) is 4.72 Å². The molecule has 0 aliphatic heterocycles. The summed E-state index contributed by atoms with van der Waals surface area (Å²) in [5.41, 5.74) is -0.719. The van der Waals surface area contributed by atoms with Gasteiger partial charge in [-0.1, -0.05) is 28.1 Å². The molecule has 0 saturated heterocycles. The number of hydrogen-bond donors (Lipinski definition) is 1. The predicted molar refractivity (Wildman–Crippen MR) is 79.0 cm³/mol. The number of anilines is 1. The van der Waals surface area contributed by atoms with Crippen LogP contribution in [0.4, 0.5) is 14.5 Å². The summed E-state index contributed by atoms with van der Waals surface area (Å²) < 4.78 is 53.9. The molecule has 0 bridgehead atoms. The van der Waals surface area contributed by atoms with Crippen LogP contribution in [0, 0.1) is 11.6 Å². The zero-order chi connectivity index (χ0) is 14.9. The summed E-state index contributed by atoms with van der Waals surface area (Å²) in [4.78, 5) is -0.110. The van der Waals surface area contributed by atoms with E-state index in [4.69, 9.17) is 0 Å². The second kappa shape index (κ2) is 5.79. The maximum Gasteiger partial charge on any atom is 0.263 e. The molecule has 0 radical (unpaired) electrons. The van der Waals surface area contributed by atoms with Crippen LogP contribution in [0.15, 0.2) is 50.2 Å². The number of benzene rings is 2. The molecule has 20 heavy (non-hydrogen) atoms. The first-order chi connectivity index (χ1) is 9.31. The molecule has 0 aromatic heterocycles. The summed E-state index contributed by atoms with van der Waals surface area (Å²) in [7, 11) is -4.09. The lowest BCUT2D eigenvalue weighted by atomic mass is 10.3. The molecule has 2 rings (SSSR count). The third-order valence-corrected chi connectivity index (χ3v) is 5.19. The van der Waals surface area contributed by atoms with Gasteiger partial charge in [-0.15, -0.1) is 0 Å². The number of halogens is 4. The first-order valence-electron chi connectivity index (χ1n) is 5.23. The molecule has 0 saturated carbocycles. The Hall–Kier alpha value is -0.990. The lowest BCUT2D eigenvalue weighted by Gasteiger charge is -2.11. The zero-order valence-corrected chi connectivity index (χ0v) is 13.7. The topological polar surface area (TPSA) is 46.2 Å². The van der Waals surface area contributed by atoms with Gasteiger partial charge in [0.15, 0.2) is 11.6 Å². The molecule has 0 aliphatic carbocycles. The van der Waals surface area contributed by atoms with Crippen molar-refractivity contribution >= 4 is 47.6 Å². The molecule has 1 N–H and O–H groups in total. The van der Waals surface area contributed by atoms with Gasteiger partial charge in [0.2, 0.25) is 0 Å². The normalized spacial score (nSPS) is 11.4. The third-order valence-electron chi connectivity index (χ3n) is 2.37. The molecule has 0 atom stereocenters. The van der Waals surface area contributed by atoms with E-state index in [9.17, 15) is 17.2 Å². The summed E-state index contributed by atoms with van der Waals surface area (Å²) in [6.07, 6.45) is 0. The summed E-state index contributed by atoms with van der Waals surface area (Å²) in [5, 5.41) is 0. The Morgan fingerprint density at radius 1 is 1.00 bits per heavy atom. The Bertz CT molecular complexity index is 743. The van der Waals surface area contributed by atoms with Gasteiger partial charge in [0.05, 0.1) is 0 Å². The van der Waals surface area contributed by atoms with Crippen molar-refractivity contribution in [2.45, 2.75) is 4.90 Å². The van der Waals surface area contributed by atoms with Crippen LogP contribution in [0.1, 0.15) is 0 Å². The fourth-order valence-corrected chi connectivity index (χ4v) is 3.97. The molecule has 2 aromatic carbocycles. The average molecular weight is 427 g/mol. The first kappa shape index (κ1) is 15.4. The van der Waals surface area contributed by atoms with E-state index in [-0.39, 0.29) is 9.37 Å². The SMILES string of the molecule is O=S(=O)(Nc1c(F)cc(Br)cc1F)c1ccccc1Br. The van der Waals surface area contributed by atoms with Crippen molar-refractivity contribution in [1.82, 2.24) is 0 Å². The summed E-state index contributed by atoms with van der Waals surface area (Å²) in [6.45, 7) is 0. The van der Waals surface area contributed by atoms with Crippen LogP contribution >= 0.6 is 31.9 Å². The van der Waals surface area contributed by atoms with Gasteiger partial charge in [0.1, 0.15) is 10.6 Å². The van der Waals surface area contributed by atoms with E-state index in [0.29, 0.717) is 4.47 Å². The molecule has 106 valence electrons. The lowest BCUT2D eigenvalue weighted by Crippen LogP contribution is -2.15. The van der Waals surface area contributed by atoms with Crippen molar-refractivity contribution in [2.75, 3.05) is 4.72 Å². The van der Waals surface area contributed by atoms with E-state index in [2.05, 4.69) is 31.9 Å². The highest BCUT2D eigenvalue weighted by molar-refractivity contribution is 9.10. The van der Waals surface area contributed by atoms with Gasteiger partial charge < -0.3 is 0 Å². The molecular formula is C12H7Br2F2NO2S. The second-order valence-corrected chi connectivity index (χ2v) is 7.20. The van der Waals surface area contributed by atoms with Crippen LogP contribution in [0.25, 0.3) is 0 Å². The maximum absolute atomic E-state index is 13.6. The highest BCUT2D eigenvalue weighted by Gasteiger charge is 2.21.